The molecule has 3 nitrogen and oxygen atoms in total. The average Bonchev–Trinajstić information content (AvgIpc) is 2.54. The van der Waals surface area contributed by atoms with E-state index < -0.39 is 0 Å². The van der Waals surface area contributed by atoms with Crippen LogP contribution in [0.15, 0.2) is 18.2 Å². The lowest BCUT2D eigenvalue weighted by molar-refractivity contribution is 0.521. The molecule has 0 aliphatic carbocycles. The Labute approximate surface area is 103 Å². The molecule has 1 heterocycles. The Morgan fingerprint density at radius 3 is 2.94 bits per heavy atom. The van der Waals surface area contributed by atoms with E-state index in [2.05, 4.69) is 17.9 Å². The van der Waals surface area contributed by atoms with Gasteiger partial charge in [0.1, 0.15) is 6.07 Å². The minimum atomic E-state index is 0.661. The highest BCUT2D eigenvalue weighted by Gasteiger charge is 2.16. The summed E-state index contributed by atoms with van der Waals surface area (Å²) < 4.78 is 0. The molecule has 1 aliphatic heterocycles. The summed E-state index contributed by atoms with van der Waals surface area (Å²) in [6.45, 7) is 4.39. The summed E-state index contributed by atoms with van der Waals surface area (Å²) in [5.74, 6) is 0.791. The fraction of sp³-hybridized carbons (Fsp3) is 0.500. The fourth-order valence-electron chi connectivity index (χ4n) is 2.42. The first kappa shape index (κ1) is 11.8. The zero-order valence-electron chi connectivity index (χ0n) is 10.3. The third-order valence-corrected chi connectivity index (χ3v) is 3.50. The predicted octanol–water partition coefficient (Wildman–Crippen LogP) is 2.77. The molecular formula is C14H19N3. The minimum absolute atomic E-state index is 0.661. The van der Waals surface area contributed by atoms with Gasteiger partial charge in [0.25, 0.3) is 0 Å². The molecular weight excluding hydrogens is 210 g/mol. The van der Waals surface area contributed by atoms with Crippen molar-refractivity contribution in [1.29, 1.82) is 5.26 Å². The monoisotopic (exact) mass is 229 g/mol. The summed E-state index contributed by atoms with van der Waals surface area (Å²) in [7, 11) is 0. The quantitative estimate of drug-likeness (QED) is 0.753. The summed E-state index contributed by atoms with van der Waals surface area (Å²) in [6, 6.07) is 7.87. The molecule has 0 saturated carbocycles. The first-order chi connectivity index (χ1) is 8.20. The Kier molecular flexibility index (Phi) is 3.53. The molecule has 0 aromatic heterocycles. The summed E-state index contributed by atoms with van der Waals surface area (Å²) in [5, 5.41) is 9.16. The predicted molar refractivity (Wildman–Crippen MR) is 70.8 cm³/mol. The van der Waals surface area contributed by atoms with E-state index in [-0.39, 0.29) is 0 Å². The molecule has 0 radical (unpaired) electrons. The molecule has 1 saturated heterocycles. The summed E-state index contributed by atoms with van der Waals surface area (Å²) in [5.41, 5.74) is 8.11. The van der Waals surface area contributed by atoms with Crippen LogP contribution < -0.4 is 10.6 Å². The van der Waals surface area contributed by atoms with Gasteiger partial charge in [0, 0.05) is 18.8 Å². The van der Waals surface area contributed by atoms with E-state index >= 15 is 0 Å². The Balaban J connectivity index is 2.24. The van der Waals surface area contributed by atoms with Crippen LogP contribution in [0.3, 0.4) is 0 Å². The number of nitrogen functional groups attached to an aromatic ring is 1. The SMILES string of the molecule is CC1CCCN(c2ccc(N)cc2C#N)CC1. The molecule has 0 spiro atoms. The number of hydrogen-bond acceptors (Lipinski definition) is 3. The van der Waals surface area contributed by atoms with Crippen LogP contribution in [0.2, 0.25) is 0 Å². The molecule has 1 unspecified atom stereocenters. The molecule has 0 amide bonds. The van der Waals surface area contributed by atoms with Crippen LogP contribution in [-0.4, -0.2) is 13.1 Å². The summed E-state index contributed by atoms with van der Waals surface area (Å²) in [4.78, 5) is 2.32. The van der Waals surface area contributed by atoms with Gasteiger partial charge in [-0.1, -0.05) is 6.92 Å². The van der Waals surface area contributed by atoms with E-state index in [1.165, 1.54) is 19.3 Å². The van der Waals surface area contributed by atoms with Gasteiger partial charge in [0.2, 0.25) is 0 Å². The summed E-state index contributed by atoms with van der Waals surface area (Å²) in [6.07, 6.45) is 3.69. The Bertz CT molecular complexity index is 434. The first-order valence-corrected chi connectivity index (χ1v) is 6.25. The second kappa shape index (κ2) is 5.09. The zero-order chi connectivity index (χ0) is 12.3. The van der Waals surface area contributed by atoms with E-state index in [1.54, 1.807) is 6.07 Å². The second-order valence-corrected chi connectivity index (χ2v) is 4.91. The molecule has 1 fully saturated rings. The largest absolute Gasteiger partial charge is 0.399 e. The Morgan fingerprint density at radius 1 is 1.35 bits per heavy atom. The van der Waals surface area contributed by atoms with E-state index in [4.69, 9.17) is 11.0 Å². The van der Waals surface area contributed by atoms with Gasteiger partial charge in [-0.05, 0) is 43.4 Å². The van der Waals surface area contributed by atoms with Crippen molar-refractivity contribution in [2.45, 2.75) is 26.2 Å². The average molecular weight is 229 g/mol. The highest BCUT2D eigenvalue weighted by Crippen LogP contribution is 2.26. The molecule has 1 atom stereocenters. The van der Waals surface area contributed by atoms with Crippen molar-refractivity contribution in [2.75, 3.05) is 23.7 Å². The number of anilines is 2. The van der Waals surface area contributed by atoms with Gasteiger partial charge < -0.3 is 10.6 Å². The van der Waals surface area contributed by atoms with Crippen LogP contribution in [0.5, 0.6) is 0 Å². The zero-order valence-corrected chi connectivity index (χ0v) is 10.3. The maximum atomic E-state index is 9.16. The highest BCUT2D eigenvalue weighted by atomic mass is 15.1. The first-order valence-electron chi connectivity index (χ1n) is 6.25. The molecule has 1 aromatic rings. The van der Waals surface area contributed by atoms with Crippen LogP contribution >= 0.6 is 0 Å². The second-order valence-electron chi connectivity index (χ2n) is 4.91. The standard InChI is InChI=1S/C14H19N3/c1-11-3-2-7-17(8-6-11)14-5-4-13(16)9-12(14)10-15/h4-5,9,11H,2-3,6-8,16H2,1H3. The lowest BCUT2D eigenvalue weighted by atomic mass is 10.0. The number of benzene rings is 1. The maximum absolute atomic E-state index is 9.16. The van der Waals surface area contributed by atoms with Crippen LogP contribution in [-0.2, 0) is 0 Å². The van der Waals surface area contributed by atoms with Crippen molar-refractivity contribution in [3.05, 3.63) is 23.8 Å². The Hall–Kier alpha value is -1.69. The molecule has 2 rings (SSSR count). The number of nitrogens with two attached hydrogens (primary N) is 1. The lowest BCUT2D eigenvalue weighted by Gasteiger charge is -2.24. The highest BCUT2D eigenvalue weighted by molar-refractivity contribution is 5.64. The molecule has 0 bridgehead atoms. The van der Waals surface area contributed by atoms with E-state index in [0.29, 0.717) is 11.3 Å². The van der Waals surface area contributed by atoms with Crippen molar-refractivity contribution in [2.24, 2.45) is 5.92 Å². The van der Waals surface area contributed by atoms with Crippen molar-refractivity contribution in [3.63, 3.8) is 0 Å². The summed E-state index contributed by atoms with van der Waals surface area (Å²) >= 11 is 0. The smallest absolute Gasteiger partial charge is 0.101 e. The van der Waals surface area contributed by atoms with Crippen molar-refractivity contribution in [1.82, 2.24) is 0 Å². The van der Waals surface area contributed by atoms with E-state index in [9.17, 15) is 0 Å². The van der Waals surface area contributed by atoms with Crippen LogP contribution in [0.25, 0.3) is 0 Å². The molecule has 90 valence electrons. The number of hydrogen-bond donors (Lipinski definition) is 1. The maximum Gasteiger partial charge on any atom is 0.101 e. The van der Waals surface area contributed by atoms with E-state index in [0.717, 1.165) is 24.7 Å². The Morgan fingerprint density at radius 2 is 2.18 bits per heavy atom. The van der Waals surface area contributed by atoms with Crippen LogP contribution in [0, 0.1) is 17.2 Å². The third-order valence-electron chi connectivity index (χ3n) is 3.50. The van der Waals surface area contributed by atoms with Gasteiger partial charge in [0.05, 0.1) is 11.3 Å². The van der Waals surface area contributed by atoms with Gasteiger partial charge in [-0.2, -0.15) is 5.26 Å². The molecule has 2 N–H and O–H groups in total. The van der Waals surface area contributed by atoms with Crippen LogP contribution in [0.4, 0.5) is 11.4 Å². The minimum Gasteiger partial charge on any atom is -0.399 e. The fourth-order valence-corrected chi connectivity index (χ4v) is 2.42. The molecule has 3 heteroatoms. The third kappa shape index (κ3) is 2.71. The van der Waals surface area contributed by atoms with Crippen molar-refractivity contribution in [3.8, 4) is 6.07 Å². The number of nitrogens with zero attached hydrogens (tertiary/aromatic N) is 2. The van der Waals surface area contributed by atoms with E-state index in [1.807, 2.05) is 12.1 Å². The number of nitriles is 1. The van der Waals surface area contributed by atoms with Gasteiger partial charge in [-0.25, -0.2) is 0 Å². The topological polar surface area (TPSA) is 53.0 Å². The van der Waals surface area contributed by atoms with Gasteiger partial charge >= 0.3 is 0 Å². The van der Waals surface area contributed by atoms with Crippen molar-refractivity contribution < 1.29 is 0 Å². The molecule has 17 heavy (non-hydrogen) atoms. The van der Waals surface area contributed by atoms with Gasteiger partial charge in [0.15, 0.2) is 0 Å². The van der Waals surface area contributed by atoms with Crippen molar-refractivity contribution >= 4 is 11.4 Å². The molecule has 1 aromatic carbocycles. The lowest BCUT2D eigenvalue weighted by Crippen LogP contribution is -2.25. The van der Waals surface area contributed by atoms with Crippen LogP contribution in [0.1, 0.15) is 31.7 Å². The number of rotatable bonds is 1. The van der Waals surface area contributed by atoms with Gasteiger partial charge in [-0.15, -0.1) is 0 Å². The molecule has 1 aliphatic rings. The van der Waals surface area contributed by atoms with Gasteiger partial charge in [-0.3, -0.25) is 0 Å². The normalized spacial score (nSPS) is 20.7.